The van der Waals surface area contributed by atoms with Crippen molar-refractivity contribution < 1.29 is 23.8 Å². The van der Waals surface area contributed by atoms with Crippen molar-refractivity contribution in [3.8, 4) is 0 Å². The lowest BCUT2D eigenvalue weighted by Crippen LogP contribution is -2.17. The van der Waals surface area contributed by atoms with Crippen LogP contribution in [0, 0.1) is 11.7 Å². The maximum Gasteiger partial charge on any atom is 0.311 e. The lowest BCUT2D eigenvalue weighted by Gasteiger charge is -2.14. The molecule has 5 heteroatoms. The Labute approximate surface area is 90.6 Å². The lowest BCUT2D eigenvalue weighted by atomic mass is 9.95. The molecule has 84 valence electrons. The summed E-state index contributed by atoms with van der Waals surface area (Å²) >= 11 is 0. The second-order valence-electron chi connectivity index (χ2n) is 3.61. The summed E-state index contributed by atoms with van der Waals surface area (Å²) < 4.78 is 17.8. The molecule has 0 aliphatic carbocycles. The highest BCUT2D eigenvalue weighted by molar-refractivity contribution is 5.82. The molecular weight excluding hydrogens is 215 g/mol. The molecule has 0 bridgehead atoms. The highest BCUT2D eigenvalue weighted by atomic mass is 19.1. The van der Waals surface area contributed by atoms with Gasteiger partial charge in [-0.1, -0.05) is 12.1 Å². The molecule has 1 aromatic carbocycles. The number of carbonyl (C=O) groups is 2. The van der Waals surface area contributed by atoms with Crippen LogP contribution in [0.15, 0.2) is 24.3 Å². The first-order valence-electron chi connectivity index (χ1n) is 4.75. The molecule has 2 atom stereocenters. The minimum absolute atomic E-state index is 0.170. The van der Waals surface area contributed by atoms with Crippen LogP contribution in [0.2, 0.25) is 0 Å². The molecule has 4 nitrogen and oxygen atoms in total. The largest absolute Gasteiger partial charge is 0.481 e. The van der Waals surface area contributed by atoms with E-state index in [0.717, 1.165) is 0 Å². The van der Waals surface area contributed by atoms with E-state index in [1.165, 1.54) is 18.2 Å². The summed E-state index contributed by atoms with van der Waals surface area (Å²) in [5, 5.41) is 8.91. The number of halogens is 1. The summed E-state index contributed by atoms with van der Waals surface area (Å²) in [6.45, 7) is 0. The minimum atomic E-state index is -1.11. The van der Waals surface area contributed by atoms with E-state index in [9.17, 15) is 14.0 Å². The number of carboxylic acid groups (broad SMARTS) is 1. The maximum atomic E-state index is 13.0. The van der Waals surface area contributed by atoms with Crippen LogP contribution in [0.4, 0.5) is 4.39 Å². The van der Waals surface area contributed by atoms with Crippen LogP contribution in [0.25, 0.3) is 0 Å². The predicted molar refractivity (Wildman–Crippen MR) is 51.0 cm³/mol. The first-order chi connectivity index (χ1) is 7.58. The number of aliphatic carboxylic acids is 1. The number of hydrogen-bond donors (Lipinski definition) is 1. The molecule has 1 aliphatic heterocycles. The van der Waals surface area contributed by atoms with Gasteiger partial charge in [0.05, 0.1) is 6.42 Å². The van der Waals surface area contributed by atoms with Crippen LogP contribution >= 0.6 is 0 Å². The van der Waals surface area contributed by atoms with Crippen LogP contribution in [-0.2, 0) is 14.3 Å². The molecule has 1 N–H and O–H groups in total. The molecule has 1 saturated heterocycles. The predicted octanol–water partition coefficient (Wildman–Crippen LogP) is 1.51. The fourth-order valence-corrected chi connectivity index (χ4v) is 1.76. The Bertz CT molecular complexity index is 443. The highest BCUT2D eigenvalue weighted by Crippen LogP contribution is 2.35. The van der Waals surface area contributed by atoms with Crippen molar-refractivity contribution in [1.82, 2.24) is 0 Å². The lowest BCUT2D eigenvalue weighted by molar-refractivity contribution is -0.144. The Morgan fingerprint density at radius 3 is 2.88 bits per heavy atom. The second-order valence-corrected chi connectivity index (χ2v) is 3.61. The van der Waals surface area contributed by atoms with Crippen LogP contribution in [0.5, 0.6) is 0 Å². The van der Waals surface area contributed by atoms with E-state index in [-0.39, 0.29) is 6.42 Å². The van der Waals surface area contributed by atoms with Crippen molar-refractivity contribution in [2.75, 3.05) is 0 Å². The molecular formula is C11H9FO4. The van der Waals surface area contributed by atoms with Crippen molar-refractivity contribution in [2.45, 2.75) is 12.5 Å². The van der Waals surface area contributed by atoms with Gasteiger partial charge in [-0.25, -0.2) is 4.39 Å². The summed E-state index contributed by atoms with van der Waals surface area (Å²) in [6.07, 6.45) is -1.06. The molecule has 1 aromatic rings. The molecule has 1 aliphatic rings. The van der Waals surface area contributed by atoms with E-state index in [2.05, 4.69) is 0 Å². The molecule has 2 unspecified atom stereocenters. The zero-order valence-electron chi connectivity index (χ0n) is 8.22. The van der Waals surface area contributed by atoms with Gasteiger partial charge in [-0.3, -0.25) is 9.59 Å². The number of cyclic esters (lactones) is 1. The van der Waals surface area contributed by atoms with Gasteiger partial charge in [0.2, 0.25) is 0 Å². The van der Waals surface area contributed by atoms with Crippen LogP contribution in [0.1, 0.15) is 18.1 Å². The van der Waals surface area contributed by atoms with Gasteiger partial charge in [0, 0.05) is 0 Å². The molecule has 1 fully saturated rings. The van der Waals surface area contributed by atoms with Gasteiger partial charge in [0.15, 0.2) is 0 Å². The molecule has 0 saturated carbocycles. The fourth-order valence-electron chi connectivity index (χ4n) is 1.76. The third-order valence-electron chi connectivity index (χ3n) is 2.50. The highest BCUT2D eigenvalue weighted by Gasteiger charge is 2.40. The summed E-state index contributed by atoms with van der Waals surface area (Å²) in [5.74, 6) is -3.10. The quantitative estimate of drug-likeness (QED) is 0.773. The Morgan fingerprint density at radius 2 is 2.25 bits per heavy atom. The number of rotatable bonds is 2. The molecule has 0 amide bonds. The van der Waals surface area contributed by atoms with Gasteiger partial charge in [0.1, 0.15) is 17.8 Å². The van der Waals surface area contributed by atoms with Gasteiger partial charge in [-0.05, 0) is 17.7 Å². The standard InChI is InChI=1S/C11H9FO4/c12-7-3-1-2-6(4-7)10-8(11(14)15)5-9(13)16-10/h1-4,8,10H,5H2,(H,14,15). The van der Waals surface area contributed by atoms with Gasteiger partial charge >= 0.3 is 11.9 Å². The van der Waals surface area contributed by atoms with Gasteiger partial charge < -0.3 is 9.84 Å². The van der Waals surface area contributed by atoms with Crippen LogP contribution < -0.4 is 0 Å². The van der Waals surface area contributed by atoms with E-state index in [4.69, 9.17) is 9.84 Å². The Kier molecular flexibility index (Phi) is 2.60. The summed E-state index contributed by atoms with van der Waals surface area (Å²) in [5.41, 5.74) is 0.373. The first-order valence-corrected chi connectivity index (χ1v) is 4.75. The Balaban J connectivity index is 2.32. The molecule has 2 rings (SSSR count). The second kappa shape index (κ2) is 3.92. The normalized spacial score (nSPS) is 24.2. The van der Waals surface area contributed by atoms with E-state index >= 15 is 0 Å². The van der Waals surface area contributed by atoms with Crippen LogP contribution in [-0.4, -0.2) is 17.0 Å². The third kappa shape index (κ3) is 1.88. The molecule has 1 heterocycles. The van der Waals surface area contributed by atoms with Crippen LogP contribution in [0.3, 0.4) is 0 Å². The van der Waals surface area contributed by atoms with E-state index in [1.807, 2.05) is 0 Å². The Hall–Kier alpha value is -1.91. The zero-order chi connectivity index (χ0) is 11.7. The maximum absolute atomic E-state index is 13.0. The summed E-state index contributed by atoms with van der Waals surface area (Å²) in [4.78, 5) is 21.9. The number of esters is 1. The molecule has 0 spiro atoms. The monoisotopic (exact) mass is 224 g/mol. The molecule has 0 aromatic heterocycles. The summed E-state index contributed by atoms with van der Waals surface area (Å²) in [6, 6.07) is 5.42. The van der Waals surface area contributed by atoms with Crippen molar-refractivity contribution in [3.63, 3.8) is 0 Å². The van der Waals surface area contributed by atoms with Gasteiger partial charge in [0.25, 0.3) is 0 Å². The average Bonchev–Trinajstić information content (AvgIpc) is 2.60. The van der Waals surface area contributed by atoms with Gasteiger partial charge in [-0.15, -0.1) is 0 Å². The van der Waals surface area contributed by atoms with E-state index < -0.39 is 29.8 Å². The molecule has 16 heavy (non-hydrogen) atoms. The fraction of sp³-hybridized carbons (Fsp3) is 0.273. The summed E-state index contributed by atoms with van der Waals surface area (Å²) in [7, 11) is 0. The number of benzene rings is 1. The number of carboxylic acids is 1. The number of ether oxygens (including phenoxy) is 1. The topological polar surface area (TPSA) is 63.6 Å². The number of carbonyl (C=O) groups excluding carboxylic acids is 1. The Morgan fingerprint density at radius 1 is 1.50 bits per heavy atom. The molecule has 0 radical (unpaired) electrons. The van der Waals surface area contributed by atoms with Crippen molar-refractivity contribution in [3.05, 3.63) is 35.6 Å². The minimum Gasteiger partial charge on any atom is -0.481 e. The van der Waals surface area contributed by atoms with E-state index in [0.29, 0.717) is 5.56 Å². The smallest absolute Gasteiger partial charge is 0.311 e. The zero-order valence-corrected chi connectivity index (χ0v) is 8.22. The van der Waals surface area contributed by atoms with Crippen molar-refractivity contribution in [2.24, 2.45) is 5.92 Å². The first kappa shape index (κ1) is 10.6. The van der Waals surface area contributed by atoms with E-state index in [1.54, 1.807) is 6.07 Å². The van der Waals surface area contributed by atoms with Gasteiger partial charge in [-0.2, -0.15) is 0 Å². The van der Waals surface area contributed by atoms with Crippen molar-refractivity contribution >= 4 is 11.9 Å². The van der Waals surface area contributed by atoms with Crippen molar-refractivity contribution in [1.29, 1.82) is 0 Å². The average molecular weight is 224 g/mol. The number of hydrogen-bond acceptors (Lipinski definition) is 3. The SMILES string of the molecule is O=C1CC(C(=O)O)C(c2cccc(F)c2)O1. The third-order valence-corrected chi connectivity index (χ3v) is 2.50.